The van der Waals surface area contributed by atoms with Crippen LogP contribution >= 0.6 is 11.6 Å². The van der Waals surface area contributed by atoms with E-state index in [9.17, 15) is 14.4 Å². The van der Waals surface area contributed by atoms with E-state index in [4.69, 9.17) is 16.3 Å². The Kier molecular flexibility index (Phi) is 4.63. The molecule has 3 rings (SSSR count). The van der Waals surface area contributed by atoms with Gasteiger partial charge in [-0.15, -0.1) is 0 Å². The van der Waals surface area contributed by atoms with Crippen molar-refractivity contribution < 1.29 is 19.1 Å². The lowest BCUT2D eigenvalue weighted by Crippen LogP contribution is -2.36. The summed E-state index contributed by atoms with van der Waals surface area (Å²) >= 11 is 5.86. The van der Waals surface area contributed by atoms with E-state index in [-0.39, 0.29) is 30.9 Å². The minimum Gasteiger partial charge on any atom is -0.376 e. The third-order valence-electron chi connectivity index (χ3n) is 4.05. The smallest absolute Gasteiger partial charge is 0.261 e. The summed E-state index contributed by atoms with van der Waals surface area (Å²) in [5.41, 5.74) is 0.626. The summed E-state index contributed by atoms with van der Waals surface area (Å²) in [4.78, 5) is 37.4. The Labute approximate surface area is 138 Å². The molecule has 0 bridgehead atoms. The minimum atomic E-state index is -0.403. The normalized spacial score (nSPS) is 20.0. The predicted octanol–water partition coefficient (Wildman–Crippen LogP) is 1.62. The molecular formula is C16H17ClN2O4. The molecule has 6 nitrogen and oxygen atoms in total. The van der Waals surface area contributed by atoms with E-state index in [1.54, 1.807) is 6.07 Å². The van der Waals surface area contributed by atoms with Crippen molar-refractivity contribution >= 4 is 29.3 Å². The van der Waals surface area contributed by atoms with Gasteiger partial charge in [-0.1, -0.05) is 11.6 Å². The van der Waals surface area contributed by atoms with Gasteiger partial charge in [0.25, 0.3) is 11.8 Å². The molecule has 122 valence electrons. The van der Waals surface area contributed by atoms with Crippen LogP contribution in [0.4, 0.5) is 0 Å². The molecule has 3 amide bonds. The van der Waals surface area contributed by atoms with E-state index in [1.165, 1.54) is 12.1 Å². The quantitative estimate of drug-likeness (QED) is 0.829. The number of ether oxygens (including phenoxy) is 1. The molecule has 1 atom stereocenters. The second-order valence-electron chi connectivity index (χ2n) is 5.64. The van der Waals surface area contributed by atoms with Gasteiger partial charge in [-0.05, 0) is 31.0 Å². The Balaban J connectivity index is 1.53. The van der Waals surface area contributed by atoms with Gasteiger partial charge < -0.3 is 10.1 Å². The Hall–Kier alpha value is -1.92. The number of carbonyl (C=O) groups excluding carboxylic acids is 3. The molecule has 1 saturated heterocycles. The lowest BCUT2D eigenvalue weighted by molar-refractivity contribution is -0.121. The SMILES string of the molecule is O=C(CCN1C(=O)c2ccc(Cl)cc2C1=O)NCC1CCCO1. The molecule has 0 spiro atoms. The van der Waals surface area contributed by atoms with Gasteiger partial charge in [-0.2, -0.15) is 0 Å². The van der Waals surface area contributed by atoms with Gasteiger partial charge in [0.05, 0.1) is 17.2 Å². The molecule has 1 aromatic rings. The van der Waals surface area contributed by atoms with Crippen LogP contribution in [0.1, 0.15) is 40.0 Å². The maximum absolute atomic E-state index is 12.2. The van der Waals surface area contributed by atoms with Gasteiger partial charge in [-0.3, -0.25) is 19.3 Å². The van der Waals surface area contributed by atoms with E-state index in [1.807, 2.05) is 0 Å². The fourth-order valence-electron chi connectivity index (χ4n) is 2.80. The number of amides is 3. The fraction of sp³-hybridized carbons (Fsp3) is 0.438. The molecule has 23 heavy (non-hydrogen) atoms. The van der Waals surface area contributed by atoms with E-state index in [0.717, 1.165) is 24.3 Å². The van der Waals surface area contributed by atoms with Crippen LogP contribution in [0.3, 0.4) is 0 Å². The average Bonchev–Trinajstić information content (AvgIpc) is 3.12. The highest BCUT2D eigenvalue weighted by Gasteiger charge is 2.35. The number of imide groups is 1. The number of carbonyl (C=O) groups is 3. The monoisotopic (exact) mass is 336 g/mol. The van der Waals surface area contributed by atoms with Gasteiger partial charge in [0.2, 0.25) is 5.91 Å². The predicted molar refractivity (Wildman–Crippen MR) is 83.4 cm³/mol. The molecule has 2 aliphatic heterocycles. The summed E-state index contributed by atoms with van der Waals surface area (Å²) in [5.74, 6) is -0.983. The molecule has 0 saturated carbocycles. The summed E-state index contributed by atoms with van der Waals surface area (Å²) in [6, 6.07) is 4.59. The van der Waals surface area contributed by atoms with Gasteiger partial charge in [-0.25, -0.2) is 0 Å². The summed E-state index contributed by atoms with van der Waals surface area (Å²) < 4.78 is 5.42. The van der Waals surface area contributed by atoms with Gasteiger partial charge in [0, 0.05) is 31.1 Å². The minimum absolute atomic E-state index is 0.0569. The van der Waals surface area contributed by atoms with Crippen molar-refractivity contribution in [1.82, 2.24) is 10.2 Å². The molecule has 1 aromatic carbocycles. The highest BCUT2D eigenvalue weighted by atomic mass is 35.5. The zero-order valence-corrected chi connectivity index (χ0v) is 13.3. The Morgan fingerprint density at radius 3 is 2.83 bits per heavy atom. The van der Waals surface area contributed by atoms with E-state index >= 15 is 0 Å². The molecule has 0 radical (unpaired) electrons. The third kappa shape index (κ3) is 3.38. The summed E-state index contributed by atoms with van der Waals surface area (Å²) in [6.45, 7) is 1.26. The number of nitrogens with one attached hydrogen (secondary N) is 1. The molecule has 0 aromatic heterocycles. The van der Waals surface area contributed by atoms with Crippen molar-refractivity contribution in [2.24, 2.45) is 0 Å². The van der Waals surface area contributed by atoms with Gasteiger partial charge in [0.15, 0.2) is 0 Å². The molecule has 7 heteroatoms. The lowest BCUT2D eigenvalue weighted by Gasteiger charge is -2.14. The van der Waals surface area contributed by atoms with Crippen molar-refractivity contribution in [2.45, 2.75) is 25.4 Å². The maximum atomic E-state index is 12.2. The zero-order chi connectivity index (χ0) is 16.4. The zero-order valence-electron chi connectivity index (χ0n) is 12.5. The second-order valence-corrected chi connectivity index (χ2v) is 6.08. The summed E-state index contributed by atoms with van der Waals surface area (Å²) in [6.07, 6.45) is 2.10. The first-order valence-corrected chi connectivity index (χ1v) is 7.98. The molecule has 1 N–H and O–H groups in total. The first kappa shape index (κ1) is 16.0. The van der Waals surface area contributed by atoms with Crippen LogP contribution in [0.2, 0.25) is 5.02 Å². The number of rotatable bonds is 5. The number of hydrogen-bond acceptors (Lipinski definition) is 4. The van der Waals surface area contributed by atoms with Crippen LogP contribution in [0.5, 0.6) is 0 Å². The Morgan fingerprint density at radius 2 is 2.09 bits per heavy atom. The standard InChI is InChI=1S/C16H17ClN2O4/c17-10-3-4-12-13(8-10)16(22)19(15(12)21)6-5-14(20)18-9-11-2-1-7-23-11/h3-4,8,11H,1-2,5-7,9H2,(H,18,20). The van der Waals surface area contributed by atoms with Crippen LogP contribution in [-0.2, 0) is 9.53 Å². The van der Waals surface area contributed by atoms with Crippen LogP contribution in [-0.4, -0.2) is 48.4 Å². The molecular weight excluding hydrogens is 320 g/mol. The molecule has 2 heterocycles. The van der Waals surface area contributed by atoms with Crippen molar-refractivity contribution in [3.05, 3.63) is 34.3 Å². The lowest BCUT2D eigenvalue weighted by atomic mass is 10.1. The van der Waals surface area contributed by atoms with Crippen molar-refractivity contribution in [1.29, 1.82) is 0 Å². The number of hydrogen-bond donors (Lipinski definition) is 1. The van der Waals surface area contributed by atoms with Crippen molar-refractivity contribution in [3.63, 3.8) is 0 Å². The third-order valence-corrected chi connectivity index (χ3v) is 4.28. The van der Waals surface area contributed by atoms with Crippen LogP contribution in [0.15, 0.2) is 18.2 Å². The van der Waals surface area contributed by atoms with Crippen molar-refractivity contribution in [2.75, 3.05) is 19.7 Å². The Bertz CT molecular complexity index is 655. The summed E-state index contributed by atoms with van der Waals surface area (Å²) in [7, 11) is 0. The topological polar surface area (TPSA) is 75.7 Å². The molecule has 0 aliphatic carbocycles. The van der Waals surface area contributed by atoms with Crippen molar-refractivity contribution in [3.8, 4) is 0 Å². The number of halogens is 1. The van der Waals surface area contributed by atoms with Crippen LogP contribution in [0.25, 0.3) is 0 Å². The van der Waals surface area contributed by atoms with E-state index < -0.39 is 5.91 Å². The number of benzene rings is 1. The fourth-order valence-corrected chi connectivity index (χ4v) is 2.97. The second kappa shape index (κ2) is 6.68. The molecule has 1 unspecified atom stereocenters. The number of nitrogens with zero attached hydrogens (tertiary/aromatic N) is 1. The molecule has 2 aliphatic rings. The van der Waals surface area contributed by atoms with E-state index in [2.05, 4.69) is 5.32 Å². The number of fused-ring (bicyclic) bond motifs is 1. The maximum Gasteiger partial charge on any atom is 0.261 e. The first-order chi connectivity index (χ1) is 11.1. The van der Waals surface area contributed by atoms with Crippen LogP contribution in [0, 0.1) is 0 Å². The highest BCUT2D eigenvalue weighted by molar-refractivity contribution is 6.32. The van der Waals surface area contributed by atoms with Crippen LogP contribution < -0.4 is 5.32 Å². The molecule has 1 fully saturated rings. The average molecular weight is 337 g/mol. The van der Waals surface area contributed by atoms with Gasteiger partial charge >= 0.3 is 0 Å². The largest absolute Gasteiger partial charge is 0.376 e. The first-order valence-electron chi connectivity index (χ1n) is 7.60. The Morgan fingerprint density at radius 1 is 1.30 bits per heavy atom. The highest BCUT2D eigenvalue weighted by Crippen LogP contribution is 2.25. The summed E-state index contributed by atoms with van der Waals surface area (Å²) in [5, 5.41) is 3.18. The van der Waals surface area contributed by atoms with E-state index in [0.29, 0.717) is 22.7 Å². The van der Waals surface area contributed by atoms with Gasteiger partial charge in [0.1, 0.15) is 0 Å².